The van der Waals surface area contributed by atoms with E-state index in [2.05, 4.69) is 15.3 Å². The quantitative estimate of drug-likeness (QED) is 0.377. The molecule has 4 aromatic rings. The van der Waals surface area contributed by atoms with Gasteiger partial charge in [-0.3, -0.25) is 9.59 Å². The number of halogens is 4. The summed E-state index contributed by atoms with van der Waals surface area (Å²) in [6.07, 6.45) is -3.69. The maximum Gasteiger partial charge on any atom is 0.417 e. The molecule has 0 bridgehead atoms. The fourth-order valence-corrected chi connectivity index (χ4v) is 3.96. The lowest BCUT2D eigenvalue weighted by Gasteiger charge is -2.17. The van der Waals surface area contributed by atoms with Crippen LogP contribution in [0.25, 0.3) is 10.9 Å². The molecule has 7 nitrogen and oxygen atoms in total. The molecule has 1 aliphatic rings. The summed E-state index contributed by atoms with van der Waals surface area (Å²) < 4.78 is 56.8. The molecule has 1 N–H and O–H groups in total. The molecule has 2 aromatic heterocycles. The van der Waals surface area contributed by atoms with Gasteiger partial charge in [-0.15, -0.1) is 0 Å². The zero-order valence-corrected chi connectivity index (χ0v) is 19.0. The standard InChI is InChI=1S/C26H18F4N4O3/c27-17-3-5-19(6-4-17)34-14-18(12-24(34)35)32-25(36)22-8-1-15-11-20(7-9-21(15)33-22)37-23-10-2-16(13-31-23)26(28,29)30/h1-11,13,18H,12,14H2,(H,32,36). The third-order valence-corrected chi connectivity index (χ3v) is 5.78. The highest BCUT2D eigenvalue weighted by atomic mass is 19.4. The maximum absolute atomic E-state index is 13.2. The van der Waals surface area contributed by atoms with E-state index in [1.807, 2.05) is 0 Å². The lowest BCUT2D eigenvalue weighted by Crippen LogP contribution is -2.37. The second kappa shape index (κ2) is 9.49. The molecule has 11 heteroatoms. The molecule has 1 atom stereocenters. The van der Waals surface area contributed by atoms with Crippen molar-refractivity contribution in [1.29, 1.82) is 0 Å². The summed E-state index contributed by atoms with van der Waals surface area (Å²) in [6, 6.07) is 15.1. The van der Waals surface area contributed by atoms with Crippen molar-refractivity contribution in [2.75, 3.05) is 11.4 Å². The molecule has 5 rings (SSSR count). The fraction of sp³-hybridized carbons (Fsp3) is 0.154. The number of ether oxygens (including phenoxy) is 1. The van der Waals surface area contributed by atoms with Crippen LogP contribution in [0.2, 0.25) is 0 Å². The van der Waals surface area contributed by atoms with E-state index in [9.17, 15) is 27.2 Å². The van der Waals surface area contributed by atoms with Crippen LogP contribution >= 0.6 is 0 Å². The van der Waals surface area contributed by atoms with Gasteiger partial charge < -0.3 is 15.0 Å². The summed E-state index contributed by atoms with van der Waals surface area (Å²) in [7, 11) is 0. The third-order valence-electron chi connectivity index (χ3n) is 5.78. The Morgan fingerprint density at radius 3 is 2.51 bits per heavy atom. The van der Waals surface area contributed by atoms with Crippen LogP contribution in [0.4, 0.5) is 23.2 Å². The van der Waals surface area contributed by atoms with Gasteiger partial charge in [0.2, 0.25) is 11.8 Å². The number of rotatable bonds is 5. The highest BCUT2D eigenvalue weighted by Crippen LogP contribution is 2.30. The van der Waals surface area contributed by atoms with Gasteiger partial charge in [-0.2, -0.15) is 13.2 Å². The summed E-state index contributed by atoms with van der Waals surface area (Å²) in [4.78, 5) is 34.7. The van der Waals surface area contributed by atoms with Crippen LogP contribution in [-0.4, -0.2) is 34.4 Å². The second-order valence-electron chi connectivity index (χ2n) is 8.39. The van der Waals surface area contributed by atoms with E-state index < -0.39 is 29.5 Å². The van der Waals surface area contributed by atoms with E-state index in [0.717, 1.165) is 12.1 Å². The van der Waals surface area contributed by atoms with Crippen molar-refractivity contribution in [2.45, 2.75) is 18.6 Å². The van der Waals surface area contributed by atoms with E-state index in [4.69, 9.17) is 4.74 Å². The molecular weight excluding hydrogens is 492 g/mol. The van der Waals surface area contributed by atoms with Gasteiger partial charge in [0.15, 0.2) is 0 Å². The van der Waals surface area contributed by atoms with Crippen molar-refractivity contribution in [3.63, 3.8) is 0 Å². The predicted octanol–water partition coefficient (Wildman–Crippen LogP) is 5.12. The van der Waals surface area contributed by atoms with E-state index >= 15 is 0 Å². The molecule has 1 saturated heterocycles. The van der Waals surface area contributed by atoms with Crippen molar-refractivity contribution in [1.82, 2.24) is 15.3 Å². The van der Waals surface area contributed by atoms with Gasteiger partial charge in [-0.25, -0.2) is 14.4 Å². The summed E-state index contributed by atoms with van der Waals surface area (Å²) in [5.41, 5.74) is 0.323. The number of carbonyl (C=O) groups is 2. The number of anilines is 1. The second-order valence-corrected chi connectivity index (χ2v) is 8.39. The van der Waals surface area contributed by atoms with Crippen LogP contribution in [0, 0.1) is 5.82 Å². The van der Waals surface area contributed by atoms with Crippen molar-refractivity contribution in [3.05, 3.63) is 90.0 Å². The van der Waals surface area contributed by atoms with E-state index in [1.165, 1.54) is 35.2 Å². The lowest BCUT2D eigenvalue weighted by molar-refractivity contribution is -0.137. The molecule has 0 saturated carbocycles. The van der Waals surface area contributed by atoms with Gasteiger partial charge in [-0.1, -0.05) is 6.07 Å². The monoisotopic (exact) mass is 510 g/mol. The first-order valence-electron chi connectivity index (χ1n) is 11.1. The Kier molecular flexibility index (Phi) is 6.20. The molecule has 3 heterocycles. The number of aromatic nitrogens is 2. The molecule has 1 aliphatic heterocycles. The Balaban J connectivity index is 1.25. The Hall–Kier alpha value is -4.54. The highest BCUT2D eigenvalue weighted by molar-refractivity contribution is 5.99. The molecule has 1 fully saturated rings. The summed E-state index contributed by atoms with van der Waals surface area (Å²) >= 11 is 0. The zero-order chi connectivity index (χ0) is 26.2. The predicted molar refractivity (Wildman–Crippen MR) is 126 cm³/mol. The van der Waals surface area contributed by atoms with Gasteiger partial charge in [0, 0.05) is 36.3 Å². The number of hydrogen-bond donors (Lipinski definition) is 1. The highest BCUT2D eigenvalue weighted by Gasteiger charge is 2.32. The number of carbonyl (C=O) groups excluding carboxylic acids is 2. The Morgan fingerprint density at radius 1 is 1.03 bits per heavy atom. The average molecular weight is 510 g/mol. The van der Waals surface area contributed by atoms with E-state index in [0.29, 0.717) is 28.5 Å². The number of fused-ring (bicyclic) bond motifs is 1. The molecule has 37 heavy (non-hydrogen) atoms. The normalized spacial score (nSPS) is 15.7. The van der Waals surface area contributed by atoms with E-state index in [1.54, 1.807) is 24.3 Å². The summed E-state index contributed by atoms with van der Waals surface area (Å²) in [6.45, 7) is 0.252. The molecule has 0 radical (unpaired) electrons. The number of nitrogens with one attached hydrogen (secondary N) is 1. The number of pyridine rings is 2. The minimum absolute atomic E-state index is 0.00269. The van der Waals surface area contributed by atoms with Crippen molar-refractivity contribution >= 4 is 28.4 Å². The van der Waals surface area contributed by atoms with Crippen molar-refractivity contribution in [3.8, 4) is 11.6 Å². The van der Waals surface area contributed by atoms with Crippen molar-refractivity contribution < 1.29 is 31.9 Å². The first-order valence-corrected chi connectivity index (χ1v) is 11.1. The van der Waals surface area contributed by atoms with Crippen LogP contribution in [0.5, 0.6) is 11.6 Å². The van der Waals surface area contributed by atoms with Gasteiger partial charge in [0.1, 0.15) is 17.3 Å². The van der Waals surface area contributed by atoms with Crippen LogP contribution in [-0.2, 0) is 11.0 Å². The molecular formula is C26H18F4N4O3. The van der Waals surface area contributed by atoms with E-state index in [-0.39, 0.29) is 30.4 Å². The largest absolute Gasteiger partial charge is 0.439 e. The Bertz CT molecular complexity index is 1470. The first kappa shape index (κ1) is 24.2. The van der Waals surface area contributed by atoms with Gasteiger partial charge in [0.25, 0.3) is 5.91 Å². The number of hydrogen-bond acceptors (Lipinski definition) is 5. The summed E-state index contributed by atoms with van der Waals surface area (Å²) in [5, 5.41) is 3.45. The molecule has 0 spiro atoms. The maximum atomic E-state index is 13.2. The first-order chi connectivity index (χ1) is 17.7. The van der Waals surface area contributed by atoms with Crippen LogP contribution < -0.4 is 15.0 Å². The molecule has 2 amide bonds. The fourth-order valence-electron chi connectivity index (χ4n) is 3.96. The Morgan fingerprint density at radius 2 is 1.81 bits per heavy atom. The minimum Gasteiger partial charge on any atom is -0.439 e. The van der Waals surface area contributed by atoms with Crippen LogP contribution in [0.1, 0.15) is 22.5 Å². The summed E-state index contributed by atoms with van der Waals surface area (Å²) in [5.74, 6) is -0.702. The van der Waals surface area contributed by atoms with Gasteiger partial charge in [-0.05, 0) is 54.6 Å². The lowest BCUT2D eigenvalue weighted by atomic mass is 10.2. The molecule has 0 aliphatic carbocycles. The van der Waals surface area contributed by atoms with Gasteiger partial charge in [0.05, 0.1) is 17.1 Å². The third kappa shape index (κ3) is 5.35. The van der Waals surface area contributed by atoms with Crippen molar-refractivity contribution in [2.24, 2.45) is 0 Å². The molecule has 188 valence electrons. The van der Waals surface area contributed by atoms with Crippen LogP contribution in [0.3, 0.4) is 0 Å². The molecule has 2 aromatic carbocycles. The number of benzene rings is 2. The molecule has 1 unspecified atom stereocenters. The van der Waals surface area contributed by atoms with Gasteiger partial charge >= 0.3 is 6.18 Å². The minimum atomic E-state index is -4.49. The number of alkyl halides is 3. The zero-order valence-electron chi connectivity index (χ0n) is 19.0. The van der Waals surface area contributed by atoms with Crippen LogP contribution in [0.15, 0.2) is 72.9 Å². The smallest absolute Gasteiger partial charge is 0.417 e. The Labute approximate surface area is 207 Å². The topological polar surface area (TPSA) is 84.4 Å². The number of nitrogens with zero attached hydrogens (tertiary/aromatic N) is 3. The number of amides is 2. The average Bonchev–Trinajstić information content (AvgIpc) is 3.23. The SMILES string of the molecule is O=C(NC1CC(=O)N(c2ccc(F)cc2)C1)c1ccc2cc(Oc3ccc(C(F)(F)F)cn3)ccc2n1.